The summed E-state index contributed by atoms with van der Waals surface area (Å²) in [5, 5.41) is 6.05. The van der Waals surface area contributed by atoms with Gasteiger partial charge in [-0.25, -0.2) is 18.6 Å². The first kappa shape index (κ1) is 21.3. The van der Waals surface area contributed by atoms with Gasteiger partial charge in [0.1, 0.15) is 0 Å². The fourth-order valence-electron chi connectivity index (χ4n) is 2.74. The van der Waals surface area contributed by atoms with Gasteiger partial charge >= 0.3 is 4.14 Å². The molecule has 1 amide bonds. The Morgan fingerprint density at radius 2 is 1.45 bits per heavy atom. The van der Waals surface area contributed by atoms with Crippen LogP contribution in [-0.4, -0.2) is 5.91 Å². The Hall–Kier alpha value is -2.37. The second-order valence-electron chi connectivity index (χ2n) is 5.79. The van der Waals surface area contributed by atoms with Crippen molar-refractivity contribution < 1.29 is 38.1 Å². The summed E-state index contributed by atoms with van der Waals surface area (Å²) >= 11 is 3.31. The average Bonchev–Trinajstić information content (AvgIpc) is 3.20. The van der Waals surface area contributed by atoms with Gasteiger partial charge < -0.3 is 5.32 Å². The van der Waals surface area contributed by atoms with Crippen molar-refractivity contribution in [2.75, 3.05) is 5.32 Å². The van der Waals surface area contributed by atoms with Gasteiger partial charge in [0.15, 0.2) is 5.00 Å². The minimum atomic E-state index is -4.94. The maximum Gasteiger partial charge on any atom is 0.328 e. The van der Waals surface area contributed by atoms with E-state index < -0.39 is 10.2 Å². The summed E-state index contributed by atoms with van der Waals surface area (Å²) in [6, 6.07) is 20.5. The summed E-state index contributed by atoms with van der Waals surface area (Å²) < 4.78 is 37.4. The van der Waals surface area contributed by atoms with Gasteiger partial charge in [-0.05, 0) is 35.6 Å². The van der Waals surface area contributed by atoms with Crippen LogP contribution < -0.4 is 28.4 Å². The van der Waals surface area contributed by atoms with Crippen LogP contribution in [0.3, 0.4) is 0 Å². The van der Waals surface area contributed by atoms with Crippen molar-refractivity contribution in [3.8, 4) is 22.5 Å². The predicted octanol–water partition coefficient (Wildman–Crippen LogP) is 0.0847. The summed E-state index contributed by atoms with van der Waals surface area (Å²) in [7, 11) is -4.94. The molecular weight excluding hydrogens is 436 g/mol. The number of hydrogen-bond donors (Lipinski definition) is 1. The van der Waals surface area contributed by atoms with E-state index in [9.17, 15) is 4.79 Å². The van der Waals surface area contributed by atoms with Gasteiger partial charge in [0.2, 0.25) is 11.6 Å². The van der Waals surface area contributed by atoms with E-state index in [1.54, 1.807) is 29.6 Å². The SMILES string of the molecule is CC(=O)Nc1sc2scc(-c3ccccc3)[n+]2c1-c1ccccc1.[O-][Cl+3]([O-])([O-])[O-]. The van der Waals surface area contributed by atoms with Gasteiger partial charge in [-0.3, -0.25) is 4.79 Å². The van der Waals surface area contributed by atoms with E-state index in [1.165, 1.54) is 0 Å². The number of carbonyl (C=O) groups is 1. The van der Waals surface area contributed by atoms with Crippen LogP contribution in [0.2, 0.25) is 0 Å². The van der Waals surface area contributed by atoms with Crippen molar-refractivity contribution in [1.29, 1.82) is 0 Å². The number of benzene rings is 2. The monoisotopic (exact) mass is 450 g/mol. The minimum absolute atomic E-state index is 0.0528. The van der Waals surface area contributed by atoms with Crippen LogP contribution in [0.25, 0.3) is 26.7 Å². The standard InChI is InChI=1S/C19H14N2OS2.ClHO4/c1-13(22)20-18-17(15-10-6-3-7-11-15)21-16(12-23-19(21)24-18)14-8-4-2-5-9-14;2-1(3,4)5/h2-12H,1H3;(H,2,3,4,5). The summed E-state index contributed by atoms with van der Waals surface area (Å²) in [4.78, 5) is 11.6. The second kappa shape index (κ2) is 8.97. The molecule has 0 radical (unpaired) electrons. The number of nitrogens with one attached hydrogen (secondary N) is 1. The largest absolute Gasteiger partial charge is 0.328 e. The number of rotatable bonds is 3. The molecule has 4 aromatic rings. The summed E-state index contributed by atoms with van der Waals surface area (Å²) in [6.07, 6.45) is 0. The maximum absolute atomic E-state index is 11.6. The highest BCUT2D eigenvalue weighted by Crippen LogP contribution is 2.36. The van der Waals surface area contributed by atoms with Crippen molar-refractivity contribution in [3.05, 3.63) is 66.0 Å². The molecule has 1 N–H and O–H groups in total. The predicted molar refractivity (Wildman–Crippen MR) is 101 cm³/mol. The molecule has 0 spiro atoms. The lowest BCUT2D eigenvalue weighted by Gasteiger charge is -2.17. The number of carbonyl (C=O) groups excluding carboxylic acids is 1. The van der Waals surface area contributed by atoms with E-state index in [2.05, 4.69) is 39.4 Å². The number of nitrogens with zero attached hydrogens (tertiary/aromatic N) is 1. The van der Waals surface area contributed by atoms with Crippen molar-refractivity contribution >= 4 is 37.7 Å². The number of halogens is 1. The van der Waals surface area contributed by atoms with E-state index in [-0.39, 0.29) is 5.91 Å². The highest BCUT2D eigenvalue weighted by molar-refractivity contribution is 7.37. The van der Waals surface area contributed by atoms with Crippen molar-refractivity contribution in [2.45, 2.75) is 6.92 Å². The molecule has 0 aliphatic heterocycles. The van der Waals surface area contributed by atoms with Gasteiger partial charge in [0, 0.05) is 18.1 Å². The first-order chi connectivity index (χ1) is 13.7. The Balaban J connectivity index is 0.000000431. The van der Waals surface area contributed by atoms with Gasteiger partial charge in [-0.2, -0.15) is 0 Å². The number of fused-ring (bicyclic) bond motifs is 1. The Bertz CT molecular complexity index is 1100. The smallest absolute Gasteiger partial charge is 0.312 e. The summed E-state index contributed by atoms with van der Waals surface area (Å²) in [6.45, 7) is 1.55. The van der Waals surface area contributed by atoms with Crippen LogP contribution in [0.1, 0.15) is 6.92 Å². The zero-order valence-electron chi connectivity index (χ0n) is 15.0. The topological polar surface area (TPSA) is 125 Å². The Labute approximate surface area is 176 Å². The highest BCUT2D eigenvalue weighted by atomic mass is 35.7. The van der Waals surface area contributed by atoms with E-state index in [1.807, 2.05) is 36.4 Å². The molecule has 0 unspecified atom stereocenters. The lowest BCUT2D eigenvalue weighted by molar-refractivity contribution is -2.00. The molecule has 0 aliphatic rings. The molecule has 150 valence electrons. The van der Waals surface area contributed by atoms with Gasteiger partial charge in [-0.15, -0.1) is 14.6 Å². The molecule has 0 fully saturated rings. The number of hydrogen-bond acceptors (Lipinski definition) is 7. The Morgan fingerprint density at radius 3 is 1.97 bits per heavy atom. The van der Waals surface area contributed by atoms with E-state index in [0.717, 1.165) is 31.7 Å². The molecule has 10 heteroatoms. The zero-order chi connectivity index (χ0) is 21.0. The number of amides is 1. The fourth-order valence-corrected chi connectivity index (χ4v) is 5.03. The molecule has 0 bridgehead atoms. The van der Waals surface area contributed by atoms with E-state index >= 15 is 0 Å². The fraction of sp³-hybridized carbons (Fsp3) is 0.0526. The van der Waals surface area contributed by atoms with Crippen molar-refractivity contribution in [1.82, 2.24) is 0 Å². The quantitative estimate of drug-likeness (QED) is 0.442. The van der Waals surface area contributed by atoms with E-state index in [4.69, 9.17) is 18.6 Å². The van der Waals surface area contributed by atoms with Crippen LogP contribution in [0.15, 0.2) is 66.0 Å². The van der Waals surface area contributed by atoms with Crippen LogP contribution in [0, 0.1) is 10.2 Å². The number of aromatic nitrogens is 1. The van der Waals surface area contributed by atoms with Gasteiger partial charge in [-0.1, -0.05) is 47.7 Å². The van der Waals surface area contributed by atoms with Crippen LogP contribution in [0.5, 0.6) is 0 Å². The third-order valence-corrected chi connectivity index (χ3v) is 5.85. The normalized spacial score (nSPS) is 11.1. The Kier molecular flexibility index (Phi) is 6.60. The third-order valence-electron chi connectivity index (χ3n) is 3.73. The zero-order valence-corrected chi connectivity index (χ0v) is 17.4. The lowest BCUT2D eigenvalue weighted by Crippen LogP contribution is -2.68. The molecule has 0 aliphatic carbocycles. The third kappa shape index (κ3) is 5.58. The first-order valence-electron chi connectivity index (χ1n) is 8.20. The van der Waals surface area contributed by atoms with Crippen molar-refractivity contribution in [2.24, 2.45) is 0 Å². The minimum Gasteiger partial charge on any atom is -0.312 e. The molecule has 0 atom stereocenters. The molecule has 7 nitrogen and oxygen atoms in total. The van der Waals surface area contributed by atoms with Gasteiger partial charge in [0.25, 0.3) is 5.69 Å². The average molecular weight is 451 g/mol. The maximum atomic E-state index is 11.6. The summed E-state index contributed by atoms with van der Waals surface area (Å²) in [5.74, 6) is -0.0528. The molecule has 4 rings (SSSR count). The molecule has 0 saturated heterocycles. The van der Waals surface area contributed by atoms with Crippen LogP contribution >= 0.6 is 22.7 Å². The van der Waals surface area contributed by atoms with Crippen molar-refractivity contribution in [3.63, 3.8) is 0 Å². The lowest BCUT2D eigenvalue weighted by atomic mass is 10.1. The highest BCUT2D eigenvalue weighted by Gasteiger charge is 2.29. The molecule has 0 saturated carbocycles. The van der Waals surface area contributed by atoms with Crippen LogP contribution in [0.4, 0.5) is 5.00 Å². The first-order valence-corrected chi connectivity index (χ1v) is 11.1. The van der Waals surface area contributed by atoms with Gasteiger partial charge in [0.05, 0.1) is 5.38 Å². The van der Waals surface area contributed by atoms with Crippen LogP contribution in [-0.2, 0) is 4.79 Å². The Morgan fingerprint density at radius 1 is 0.931 bits per heavy atom. The molecule has 2 aromatic heterocycles. The number of thiazole rings is 2. The molecule has 2 heterocycles. The molecule has 29 heavy (non-hydrogen) atoms. The number of anilines is 1. The molecular formula is C19H15ClN2O5S2. The summed E-state index contributed by atoms with van der Waals surface area (Å²) in [5.41, 5.74) is 4.43. The second-order valence-corrected chi connectivity index (χ2v) is 8.66. The molecule has 2 aromatic carbocycles. The van der Waals surface area contributed by atoms with E-state index in [0.29, 0.717) is 0 Å².